The van der Waals surface area contributed by atoms with Crippen molar-refractivity contribution in [3.05, 3.63) is 35.9 Å². The molecule has 106 valence electrons. The Kier molecular flexibility index (Phi) is 5.90. The molecule has 0 heterocycles. The number of hydrogen-bond donors (Lipinski definition) is 1. The molecule has 0 radical (unpaired) electrons. The lowest BCUT2D eigenvalue weighted by atomic mass is 10.1. The lowest BCUT2D eigenvalue weighted by Crippen LogP contribution is -2.35. The maximum atomic E-state index is 5.76. The Morgan fingerprint density at radius 3 is 2.58 bits per heavy atom. The first-order valence-electron chi connectivity index (χ1n) is 6.62. The van der Waals surface area contributed by atoms with Crippen molar-refractivity contribution in [3.63, 3.8) is 0 Å². The van der Waals surface area contributed by atoms with Gasteiger partial charge in [0.2, 0.25) is 0 Å². The SMILES string of the molecule is CC=CCOc1ccc(OC)cc1CNC(C)(C)C. The molecule has 0 aliphatic heterocycles. The first kappa shape index (κ1) is 15.6. The second kappa shape index (κ2) is 7.19. The van der Waals surface area contributed by atoms with E-state index in [2.05, 4.69) is 26.1 Å². The molecule has 0 unspecified atom stereocenters. The molecule has 0 amide bonds. The van der Waals surface area contributed by atoms with Gasteiger partial charge in [0.25, 0.3) is 0 Å². The molecule has 0 bridgehead atoms. The van der Waals surface area contributed by atoms with Crippen LogP contribution >= 0.6 is 0 Å². The summed E-state index contributed by atoms with van der Waals surface area (Å²) in [6, 6.07) is 5.90. The van der Waals surface area contributed by atoms with Crippen LogP contribution < -0.4 is 14.8 Å². The van der Waals surface area contributed by atoms with E-state index in [1.54, 1.807) is 7.11 Å². The number of hydrogen-bond acceptors (Lipinski definition) is 3. The van der Waals surface area contributed by atoms with E-state index in [0.29, 0.717) is 6.61 Å². The largest absolute Gasteiger partial charge is 0.497 e. The first-order chi connectivity index (χ1) is 8.96. The molecule has 1 aromatic carbocycles. The minimum absolute atomic E-state index is 0.0731. The van der Waals surface area contributed by atoms with Gasteiger partial charge in [-0.25, -0.2) is 0 Å². The number of benzene rings is 1. The summed E-state index contributed by atoms with van der Waals surface area (Å²) in [6.45, 7) is 9.77. The standard InChI is InChI=1S/C16H25NO2/c1-6-7-10-19-15-9-8-14(18-5)11-13(15)12-17-16(2,3)4/h6-9,11,17H,10,12H2,1-5H3. The topological polar surface area (TPSA) is 30.5 Å². The molecule has 0 aliphatic carbocycles. The second-order valence-corrected chi connectivity index (χ2v) is 5.46. The average molecular weight is 263 g/mol. The Balaban J connectivity index is 2.82. The summed E-state index contributed by atoms with van der Waals surface area (Å²) in [6.07, 6.45) is 3.97. The van der Waals surface area contributed by atoms with E-state index in [9.17, 15) is 0 Å². The molecule has 1 N–H and O–H groups in total. The van der Waals surface area contributed by atoms with Crippen LogP contribution in [0.3, 0.4) is 0 Å². The van der Waals surface area contributed by atoms with Gasteiger partial charge in [-0.15, -0.1) is 0 Å². The monoisotopic (exact) mass is 263 g/mol. The summed E-state index contributed by atoms with van der Waals surface area (Å²) in [5, 5.41) is 3.47. The highest BCUT2D eigenvalue weighted by Crippen LogP contribution is 2.24. The van der Waals surface area contributed by atoms with Gasteiger partial charge in [0.1, 0.15) is 18.1 Å². The van der Waals surface area contributed by atoms with Gasteiger partial charge in [-0.2, -0.15) is 0 Å². The van der Waals surface area contributed by atoms with Crippen LogP contribution in [-0.2, 0) is 6.54 Å². The second-order valence-electron chi connectivity index (χ2n) is 5.46. The number of ether oxygens (including phenoxy) is 2. The zero-order valence-electron chi connectivity index (χ0n) is 12.6. The summed E-state index contributed by atoms with van der Waals surface area (Å²) in [5.41, 5.74) is 1.18. The molecule has 0 atom stereocenters. The predicted octanol–water partition coefficient (Wildman–Crippen LogP) is 3.54. The average Bonchev–Trinajstić information content (AvgIpc) is 2.36. The van der Waals surface area contributed by atoms with Gasteiger partial charge >= 0.3 is 0 Å². The molecule has 3 nitrogen and oxygen atoms in total. The third-order valence-electron chi connectivity index (χ3n) is 2.65. The molecule has 0 aliphatic rings. The lowest BCUT2D eigenvalue weighted by molar-refractivity contribution is 0.349. The van der Waals surface area contributed by atoms with Crippen LogP contribution in [0.1, 0.15) is 33.3 Å². The molecule has 0 saturated heterocycles. The first-order valence-corrected chi connectivity index (χ1v) is 6.62. The quantitative estimate of drug-likeness (QED) is 0.796. The Morgan fingerprint density at radius 2 is 2.00 bits per heavy atom. The van der Waals surface area contributed by atoms with Crippen molar-refractivity contribution >= 4 is 0 Å². The predicted molar refractivity (Wildman–Crippen MR) is 79.9 cm³/mol. The van der Waals surface area contributed by atoms with Crippen LogP contribution in [-0.4, -0.2) is 19.3 Å². The third-order valence-corrected chi connectivity index (χ3v) is 2.65. The smallest absolute Gasteiger partial charge is 0.124 e. The van der Waals surface area contributed by atoms with E-state index >= 15 is 0 Å². The van der Waals surface area contributed by atoms with Crippen LogP contribution in [0, 0.1) is 0 Å². The number of methoxy groups -OCH3 is 1. The van der Waals surface area contributed by atoms with E-state index < -0.39 is 0 Å². The molecule has 1 rings (SSSR count). The number of nitrogens with one attached hydrogen (secondary N) is 1. The van der Waals surface area contributed by atoms with Crippen LogP contribution in [0.15, 0.2) is 30.4 Å². The van der Waals surface area contributed by atoms with E-state index in [4.69, 9.17) is 9.47 Å². The summed E-state index contributed by atoms with van der Waals surface area (Å²) in [4.78, 5) is 0. The highest BCUT2D eigenvalue weighted by atomic mass is 16.5. The summed E-state index contributed by atoms with van der Waals surface area (Å²) in [7, 11) is 1.68. The van der Waals surface area contributed by atoms with Crippen molar-refractivity contribution in [2.45, 2.75) is 39.8 Å². The Bertz CT molecular complexity index is 419. The van der Waals surface area contributed by atoms with Crippen molar-refractivity contribution in [2.24, 2.45) is 0 Å². The fraction of sp³-hybridized carbons (Fsp3) is 0.500. The Morgan fingerprint density at radius 1 is 1.26 bits per heavy atom. The van der Waals surface area contributed by atoms with Crippen molar-refractivity contribution in [3.8, 4) is 11.5 Å². The van der Waals surface area contributed by atoms with Crippen molar-refractivity contribution in [2.75, 3.05) is 13.7 Å². The number of allylic oxidation sites excluding steroid dienone is 1. The molecule has 0 fully saturated rings. The molecular weight excluding hydrogens is 238 g/mol. The highest BCUT2D eigenvalue weighted by Gasteiger charge is 2.11. The van der Waals surface area contributed by atoms with Gasteiger partial charge in [-0.05, 0) is 45.9 Å². The van der Waals surface area contributed by atoms with E-state index in [1.165, 1.54) is 0 Å². The summed E-state index contributed by atoms with van der Waals surface area (Å²) in [5.74, 6) is 1.75. The molecule has 0 spiro atoms. The van der Waals surface area contributed by atoms with Gasteiger partial charge in [-0.3, -0.25) is 0 Å². The minimum Gasteiger partial charge on any atom is -0.497 e. The highest BCUT2D eigenvalue weighted by molar-refractivity contribution is 5.40. The fourth-order valence-electron chi connectivity index (χ4n) is 1.56. The maximum absolute atomic E-state index is 5.76. The van der Waals surface area contributed by atoms with Gasteiger partial charge in [0.15, 0.2) is 0 Å². The molecular formula is C16H25NO2. The zero-order chi connectivity index (χ0) is 14.3. The maximum Gasteiger partial charge on any atom is 0.124 e. The Labute approximate surface area is 116 Å². The van der Waals surface area contributed by atoms with Crippen LogP contribution in [0.25, 0.3) is 0 Å². The van der Waals surface area contributed by atoms with E-state index in [-0.39, 0.29) is 5.54 Å². The molecule has 3 heteroatoms. The van der Waals surface area contributed by atoms with Crippen LogP contribution in [0.5, 0.6) is 11.5 Å². The molecule has 1 aromatic rings. The normalized spacial score (nSPS) is 11.8. The van der Waals surface area contributed by atoms with Crippen molar-refractivity contribution in [1.82, 2.24) is 5.32 Å². The lowest BCUT2D eigenvalue weighted by Gasteiger charge is -2.22. The van der Waals surface area contributed by atoms with Gasteiger partial charge in [0.05, 0.1) is 7.11 Å². The van der Waals surface area contributed by atoms with E-state index in [0.717, 1.165) is 23.6 Å². The van der Waals surface area contributed by atoms with Crippen molar-refractivity contribution in [1.29, 1.82) is 0 Å². The van der Waals surface area contributed by atoms with Crippen molar-refractivity contribution < 1.29 is 9.47 Å². The Hall–Kier alpha value is -1.48. The van der Waals surface area contributed by atoms with Gasteiger partial charge in [0, 0.05) is 17.6 Å². The van der Waals surface area contributed by atoms with Crippen LogP contribution in [0.4, 0.5) is 0 Å². The fourth-order valence-corrected chi connectivity index (χ4v) is 1.56. The van der Waals surface area contributed by atoms with Gasteiger partial charge < -0.3 is 14.8 Å². The minimum atomic E-state index is 0.0731. The van der Waals surface area contributed by atoms with E-state index in [1.807, 2.05) is 37.3 Å². The molecule has 19 heavy (non-hydrogen) atoms. The summed E-state index contributed by atoms with van der Waals surface area (Å²) >= 11 is 0. The molecule has 0 saturated carbocycles. The molecule has 0 aromatic heterocycles. The number of rotatable bonds is 6. The summed E-state index contributed by atoms with van der Waals surface area (Å²) < 4.78 is 11.0. The third kappa shape index (κ3) is 5.79. The zero-order valence-corrected chi connectivity index (χ0v) is 12.6. The van der Waals surface area contributed by atoms with Crippen LogP contribution in [0.2, 0.25) is 0 Å². The van der Waals surface area contributed by atoms with Gasteiger partial charge in [-0.1, -0.05) is 12.2 Å².